The summed E-state index contributed by atoms with van der Waals surface area (Å²) >= 11 is 13.0. The van der Waals surface area contributed by atoms with Gasteiger partial charge in [-0.25, -0.2) is 14.2 Å². The first-order chi connectivity index (χ1) is 17.2. The minimum atomic E-state index is -0.651. The van der Waals surface area contributed by atoms with Crippen LogP contribution in [0.15, 0.2) is 60.9 Å². The van der Waals surface area contributed by atoms with E-state index >= 15 is 0 Å². The maximum atomic E-state index is 13.3. The highest BCUT2D eigenvalue weighted by atomic mass is 35.5. The van der Waals surface area contributed by atoms with Gasteiger partial charge in [-0.05, 0) is 49.4 Å². The summed E-state index contributed by atoms with van der Waals surface area (Å²) in [6, 6.07) is 11.6. The number of hydrogen-bond donors (Lipinski definition) is 2. The number of pyridine rings is 1. The maximum Gasteiger partial charge on any atom is 0.319 e. The lowest BCUT2D eigenvalue weighted by atomic mass is 10.2. The van der Waals surface area contributed by atoms with E-state index in [2.05, 4.69) is 15.6 Å². The molecule has 186 valence electrons. The lowest BCUT2D eigenvalue weighted by Gasteiger charge is -2.21. The number of amides is 3. The van der Waals surface area contributed by atoms with Crippen LogP contribution in [0, 0.1) is 12.7 Å². The van der Waals surface area contributed by atoms with Crippen molar-refractivity contribution >= 4 is 52.2 Å². The number of anilines is 2. The maximum absolute atomic E-state index is 13.3. The molecule has 11 heteroatoms. The lowest BCUT2D eigenvalue weighted by Crippen LogP contribution is -2.40. The second kappa shape index (κ2) is 10.8. The van der Waals surface area contributed by atoms with Crippen molar-refractivity contribution in [1.82, 2.24) is 14.7 Å². The SMILES string of the molecule is Cc1cn2cccc(OCc3c(Cl)ccc(N(C)C(=O)CNC(=O)Nc4cccc(F)c4)c3Cl)c2n1. The molecule has 2 heterocycles. The number of fused-ring (bicyclic) bond motifs is 1. The van der Waals surface area contributed by atoms with Crippen LogP contribution in [0.1, 0.15) is 11.3 Å². The van der Waals surface area contributed by atoms with Gasteiger partial charge in [-0.2, -0.15) is 0 Å². The fourth-order valence-electron chi connectivity index (χ4n) is 3.50. The molecule has 0 aliphatic rings. The number of benzene rings is 2. The van der Waals surface area contributed by atoms with E-state index in [0.717, 1.165) is 5.69 Å². The molecule has 4 aromatic rings. The van der Waals surface area contributed by atoms with Gasteiger partial charge in [0.1, 0.15) is 12.4 Å². The van der Waals surface area contributed by atoms with Gasteiger partial charge >= 0.3 is 6.03 Å². The summed E-state index contributed by atoms with van der Waals surface area (Å²) in [6.45, 7) is 1.62. The van der Waals surface area contributed by atoms with E-state index in [4.69, 9.17) is 27.9 Å². The third kappa shape index (κ3) is 5.69. The van der Waals surface area contributed by atoms with Gasteiger partial charge in [0.2, 0.25) is 5.91 Å². The van der Waals surface area contributed by atoms with Crippen molar-refractivity contribution in [3.05, 3.63) is 88.0 Å². The molecule has 0 bridgehead atoms. The molecule has 0 aliphatic carbocycles. The fraction of sp³-hybridized carbons (Fsp3) is 0.160. The normalized spacial score (nSPS) is 10.8. The Morgan fingerprint density at radius 1 is 1.17 bits per heavy atom. The Kier molecular flexibility index (Phi) is 7.61. The Balaban J connectivity index is 1.42. The predicted octanol–water partition coefficient (Wildman–Crippen LogP) is 5.45. The van der Waals surface area contributed by atoms with Gasteiger partial charge in [-0.1, -0.05) is 29.3 Å². The van der Waals surface area contributed by atoms with Gasteiger partial charge in [0.25, 0.3) is 0 Å². The van der Waals surface area contributed by atoms with Crippen LogP contribution >= 0.6 is 23.2 Å². The molecule has 8 nitrogen and oxygen atoms in total. The molecule has 0 saturated heterocycles. The highest BCUT2D eigenvalue weighted by Gasteiger charge is 2.19. The molecule has 0 aliphatic heterocycles. The van der Waals surface area contributed by atoms with Crippen LogP contribution < -0.4 is 20.3 Å². The van der Waals surface area contributed by atoms with Gasteiger partial charge in [-0.3, -0.25) is 4.79 Å². The van der Waals surface area contributed by atoms with Crippen LogP contribution in [0.3, 0.4) is 0 Å². The summed E-state index contributed by atoms with van der Waals surface area (Å²) in [7, 11) is 1.53. The lowest BCUT2D eigenvalue weighted by molar-refractivity contribution is -0.117. The average molecular weight is 530 g/mol. The van der Waals surface area contributed by atoms with Crippen molar-refractivity contribution in [2.75, 3.05) is 23.8 Å². The summed E-state index contributed by atoms with van der Waals surface area (Å²) in [5.74, 6) is -0.364. The number of likely N-dealkylation sites (N-methyl/N-ethyl adjacent to an activating group) is 1. The van der Waals surface area contributed by atoms with E-state index in [1.807, 2.05) is 29.8 Å². The molecule has 3 amide bonds. The molecule has 2 aromatic carbocycles. The van der Waals surface area contributed by atoms with E-state index in [1.165, 1.54) is 36.2 Å². The largest absolute Gasteiger partial charge is 0.485 e. The van der Waals surface area contributed by atoms with Gasteiger partial charge < -0.3 is 24.7 Å². The number of ether oxygens (including phenoxy) is 1. The predicted molar refractivity (Wildman–Crippen MR) is 138 cm³/mol. The number of carbonyl (C=O) groups is 2. The van der Waals surface area contributed by atoms with Crippen molar-refractivity contribution < 1.29 is 18.7 Å². The molecule has 0 fully saturated rings. The van der Waals surface area contributed by atoms with Crippen molar-refractivity contribution in [1.29, 1.82) is 0 Å². The number of aromatic nitrogens is 2. The molecule has 0 radical (unpaired) electrons. The Morgan fingerprint density at radius 2 is 1.97 bits per heavy atom. The molecule has 2 aromatic heterocycles. The van der Waals surface area contributed by atoms with Crippen LogP contribution in [0.25, 0.3) is 5.65 Å². The second-order valence-corrected chi connectivity index (χ2v) is 8.69. The molecular weight excluding hydrogens is 508 g/mol. The molecule has 36 heavy (non-hydrogen) atoms. The first kappa shape index (κ1) is 25.3. The summed E-state index contributed by atoms with van der Waals surface area (Å²) in [6.07, 6.45) is 3.76. The zero-order chi connectivity index (χ0) is 25.8. The van der Waals surface area contributed by atoms with E-state index in [9.17, 15) is 14.0 Å². The quantitative estimate of drug-likeness (QED) is 0.333. The number of nitrogens with zero attached hydrogens (tertiary/aromatic N) is 3. The van der Waals surface area contributed by atoms with Crippen LogP contribution in [0.2, 0.25) is 10.0 Å². The minimum Gasteiger partial charge on any atom is -0.485 e. The Labute approximate surface area is 216 Å². The smallest absolute Gasteiger partial charge is 0.319 e. The van der Waals surface area contributed by atoms with Gasteiger partial charge in [0.05, 0.1) is 22.9 Å². The third-order valence-electron chi connectivity index (χ3n) is 5.32. The first-order valence-electron chi connectivity index (χ1n) is 10.8. The van der Waals surface area contributed by atoms with E-state index < -0.39 is 17.8 Å². The number of rotatable bonds is 7. The Bertz CT molecular complexity index is 1440. The molecular formula is C25H22Cl2FN5O3. The zero-order valence-electron chi connectivity index (χ0n) is 19.4. The summed E-state index contributed by atoms with van der Waals surface area (Å²) in [5.41, 5.74) is 2.67. The molecule has 0 atom stereocenters. The van der Waals surface area contributed by atoms with Gasteiger partial charge in [0, 0.05) is 35.7 Å². The van der Waals surface area contributed by atoms with Crippen molar-refractivity contribution in [2.24, 2.45) is 0 Å². The summed E-state index contributed by atoms with van der Waals surface area (Å²) in [4.78, 5) is 30.6. The molecule has 0 saturated carbocycles. The van der Waals surface area contributed by atoms with E-state index in [-0.39, 0.29) is 23.9 Å². The van der Waals surface area contributed by atoms with Crippen molar-refractivity contribution in [2.45, 2.75) is 13.5 Å². The highest BCUT2D eigenvalue weighted by Crippen LogP contribution is 2.35. The number of nitrogens with one attached hydrogen (secondary N) is 2. The van der Waals surface area contributed by atoms with Crippen molar-refractivity contribution in [3.63, 3.8) is 0 Å². The summed E-state index contributed by atoms with van der Waals surface area (Å²) in [5, 5.41) is 5.53. The monoisotopic (exact) mass is 529 g/mol. The standard InChI is InChI=1S/C25H22Cl2FN5O3/c1-15-13-33-10-4-7-21(24(33)30-15)36-14-18-19(26)8-9-20(23(18)27)32(2)22(34)12-29-25(35)31-17-6-3-5-16(28)11-17/h3-11,13H,12,14H2,1-2H3,(H2,29,31,35). The number of imidazole rings is 1. The third-order valence-corrected chi connectivity index (χ3v) is 6.10. The van der Waals surface area contributed by atoms with Crippen LogP contribution in [-0.2, 0) is 11.4 Å². The van der Waals surface area contributed by atoms with Crippen LogP contribution in [-0.4, -0.2) is 34.9 Å². The Hall–Kier alpha value is -3.82. The highest BCUT2D eigenvalue weighted by molar-refractivity contribution is 6.38. The fourth-order valence-corrected chi connectivity index (χ4v) is 4.11. The van der Waals surface area contributed by atoms with E-state index in [0.29, 0.717) is 27.7 Å². The first-order valence-corrected chi connectivity index (χ1v) is 11.6. The summed E-state index contributed by atoms with van der Waals surface area (Å²) < 4.78 is 21.1. The molecule has 0 spiro atoms. The van der Waals surface area contributed by atoms with E-state index in [1.54, 1.807) is 18.2 Å². The number of aryl methyl sites for hydroxylation is 1. The van der Waals surface area contributed by atoms with Crippen LogP contribution in [0.5, 0.6) is 5.75 Å². The minimum absolute atomic E-state index is 0.0490. The molecule has 0 unspecified atom stereocenters. The second-order valence-electron chi connectivity index (χ2n) is 7.90. The topological polar surface area (TPSA) is 88.0 Å². The van der Waals surface area contributed by atoms with Crippen molar-refractivity contribution in [3.8, 4) is 5.75 Å². The van der Waals surface area contributed by atoms with Gasteiger partial charge in [-0.15, -0.1) is 0 Å². The van der Waals surface area contributed by atoms with Gasteiger partial charge in [0.15, 0.2) is 11.4 Å². The molecule has 2 N–H and O–H groups in total. The number of carbonyl (C=O) groups excluding carboxylic acids is 2. The number of hydrogen-bond acceptors (Lipinski definition) is 4. The molecule has 4 rings (SSSR count). The number of halogens is 3. The van der Waals surface area contributed by atoms with Crippen LogP contribution in [0.4, 0.5) is 20.6 Å². The zero-order valence-corrected chi connectivity index (χ0v) is 20.9. The average Bonchev–Trinajstić information content (AvgIpc) is 3.23. The number of urea groups is 1. The Morgan fingerprint density at radius 3 is 2.75 bits per heavy atom.